The van der Waals surface area contributed by atoms with Crippen LogP contribution < -0.4 is 5.73 Å². The number of nitrogens with two attached hydrogens (primary N) is 1. The summed E-state index contributed by atoms with van der Waals surface area (Å²) in [4.78, 5) is 10.6. The first-order valence-electron chi connectivity index (χ1n) is 4.02. The van der Waals surface area contributed by atoms with E-state index in [1.54, 1.807) is 6.92 Å². The maximum absolute atomic E-state index is 10.9. The van der Waals surface area contributed by atoms with E-state index in [1.807, 2.05) is 0 Å². The fourth-order valence-electron chi connectivity index (χ4n) is 1.70. The van der Waals surface area contributed by atoms with E-state index in [4.69, 9.17) is 10.8 Å². The fourth-order valence-corrected chi connectivity index (χ4v) is 4.13. The van der Waals surface area contributed by atoms with Crippen molar-refractivity contribution in [1.82, 2.24) is 0 Å². The molecule has 3 N–H and O–H groups in total. The Kier molecular flexibility index (Phi) is 2.38. The second-order valence-electron chi connectivity index (χ2n) is 3.56. The second-order valence-corrected chi connectivity index (χ2v) is 5.63. The SMILES string of the molecule is CCC1([C@H](N)C(=O)O)CS(=O)(=O)C1. The second kappa shape index (κ2) is 2.95. The minimum Gasteiger partial charge on any atom is -0.480 e. The molecule has 1 rings (SSSR count). The van der Waals surface area contributed by atoms with Gasteiger partial charge in [-0.05, 0) is 6.42 Å². The molecule has 1 aliphatic rings. The van der Waals surface area contributed by atoms with Gasteiger partial charge < -0.3 is 10.8 Å². The lowest BCUT2D eigenvalue weighted by molar-refractivity contribution is -0.141. The Balaban J connectivity index is 2.82. The summed E-state index contributed by atoms with van der Waals surface area (Å²) >= 11 is 0. The van der Waals surface area contributed by atoms with Crippen molar-refractivity contribution < 1.29 is 18.3 Å². The highest BCUT2D eigenvalue weighted by molar-refractivity contribution is 7.92. The molecule has 1 saturated heterocycles. The van der Waals surface area contributed by atoms with Gasteiger partial charge in [0.1, 0.15) is 6.04 Å². The van der Waals surface area contributed by atoms with Crippen LogP contribution >= 0.6 is 0 Å². The molecule has 0 bridgehead atoms. The number of sulfone groups is 1. The Morgan fingerprint density at radius 2 is 2.08 bits per heavy atom. The van der Waals surface area contributed by atoms with Crippen molar-refractivity contribution in [2.75, 3.05) is 11.5 Å². The van der Waals surface area contributed by atoms with E-state index in [-0.39, 0.29) is 11.5 Å². The Hall–Kier alpha value is -0.620. The molecule has 13 heavy (non-hydrogen) atoms. The molecule has 1 fully saturated rings. The molecule has 1 heterocycles. The van der Waals surface area contributed by atoms with Gasteiger partial charge in [-0.25, -0.2) is 8.42 Å². The maximum Gasteiger partial charge on any atom is 0.321 e. The molecule has 0 saturated carbocycles. The topological polar surface area (TPSA) is 97.5 Å². The van der Waals surface area contributed by atoms with Crippen molar-refractivity contribution in [3.8, 4) is 0 Å². The third-order valence-electron chi connectivity index (χ3n) is 2.64. The predicted octanol–water partition coefficient (Wildman–Crippen LogP) is -0.777. The molecule has 6 heteroatoms. The van der Waals surface area contributed by atoms with Crippen molar-refractivity contribution in [3.63, 3.8) is 0 Å². The van der Waals surface area contributed by atoms with E-state index in [2.05, 4.69) is 0 Å². The fraction of sp³-hybridized carbons (Fsp3) is 0.857. The van der Waals surface area contributed by atoms with Crippen LogP contribution in [-0.2, 0) is 14.6 Å². The van der Waals surface area contributed by atoms with Gasteiger partial charge in [0.2, 0.25) is 0 Å². The van der Waals surface area contributed by atoms with E-state index in [0.717, 1.165) is 0 Å². The molecule has 0 aromatic heterocycles. The minimum atomic E-state index is -3.02. The van der Waals surface area contributed by atoms with Crippen LogP contribution in [0.15, 0.2) is 0 Å². The molecule has 0 spiro atoms. The summed E-state index contributed by atoms with van der Waals surface area (Å²) in [5, 5.41) is 8.66. The van der Waals surface area contributed by atoms with Crippen LogP contribution in [0.25, 0.3) is 0 Å². The van der Waals surface area contributed by atoms with Crippen LogP contribution in [0.4, 0.5) is 0 Å². The zero-order valence-electron chi connectivity index (χ0n) is 7.36. The lowest BCUT2D eigenvalue weighted by Crippen LogP contribution is -2.61. The van der Waals surface area contributed by atoms with Gasteiger partial charge in [0.25, 0.3) is 0 Å². The summed E-state index contributed by atoms with van der Waals surface area (Å²) < 4.78 is 21.9. The van der Waals surface area contributed by atoms with Crippen molar-refractivity contribution in [2.45, 2.75) is 19.4 Å². The summed E-state index contributed by atoms with van der Waals surface area (Å²) in [5.74, 6) is -1.31. The summed E-state index contributed by atoms with van der Waals surface area (Å²) in [5.41, 5.74) is 4.69. The summed E-state index contributed by atoms with van der Waals surface area (Å²) in [7, 11) is -3.02. The number of aliphatic carboxylic acids is 1. The molecular formula is C7H13NO4S. The molecular weight excluding hydrogens is 194 g/mol. The molecule has 1 aliphatic heterocycles. The largest absolute Gasteiger partial charge is 0.480 e. The van der Waals surface area contributed by atoms with E-state index < -0.39 is 27.3 Å². The Bertz CT molecular complexity index is 309. The average molecular weight is 207 g/mol. The van der Waals surface area contributed by atoms with Gasteiger partial charge in [-0.3, -0.25) is 4.79 Å². The Morgan fingerprint density at radius 3 is 2.31 bits per heavy atom. The van der Waals surface area contributed by atoms with Crippen molar-refractivity contribution in [1.29, 1.82) is 0 Å². The zero-order valence-corrected chi connectivity index (χ0v) is 8.17. The predicted molar refractivity (Wildman–Crippen MR) is 47.0 cm³/mol. The molecule has 1 atom stereocenters. The number of carbonyl (C=O) groups is 1. The number of hydrogen-bond acceptors (Lipinski definition) is 4. The molecule has 0 aromatic rings. The Labute approximate surface area is 76.8 Å². The summed E-state index contributed by atoms with van der Waals surface area (Å²) in [6, 6.07) is -1.07. The Morgan fingerprint density at radius 1 is 1.62 bits per heavy atom. The number of carboxylic acids is 1. The summed E-state index contributed by atoms with van der Waals surface area (Å²) in [6.45, 7) is 1.76. The highest BCUT2D eigenvalue weighted by atomic mass is 32.2. The molecule has 76 valence electrons. The lowest BCUT2D eigenvalue weighted by Gasteiger charge is -2.42. The lowest BCUT2D eigenvalue weighted by atomic mass is 9.81. The van der Waals surface area contributed by atoms with Crippen LogP contribution in [0.5, 0.6) is 0 Å². The first-order chi connectivity index (χ1) is 5.83. The van der Waals surface area contributed by atoms with E-state index in [1.165, 1.54) is 0 Å². The van der Waals surface area contributed by atoms with Gasteiger partial charge in [-0.15, -0.1) is 0 Å². The van der Waals surface area contributed by atoms with Crippen molar-refractivity contribution >= 4 is 15.8 Å². The average Bonchev–Trinajstić information content (AvgIpc) is 1.97. The number of rotatable bonds is 3. The maximum atomic E-state index is 10.9. The first kappa shape index (κ1) is 10.5. The van der Waals surface area contributed by atoms with Crippen molar-refractivity contribution in [2.24, 2.45) is 11.1 Å². The third-order valence-corrected chi connectivity index (χ3v) is 4.67. The van der Waals surface area contributed by atoms with Gasteiger partial charge in [-0.1, -0.05) is 6.92 Å². The van der Waals surface area contributed by atoms with Crippen LogP contribution in [-0.4, -0.2) is 37.0 Å². The monoisotopic (exact) mass is 207 g/mol. The zero-order chi connectivity index (χ0) is 10.3. The smallest absolute Gasteiger partial charge is 0.321 e. The highest BCUT2D eigenvalue weighted by Crippen LogP contribution is 2.38. The van der Waals surface area contributed by atoms with E-state index in [0.29, 0.717) is 6.42 Å². The standard InChI is InChI=1S/C7H13NO4S/c1-2-7(5(8)6(9)10)3-13(11,12)4-7/h5H,2-4,8H2,1H3,(H,9,10)/t5-/m1/s1. The van der Waals surface area contributed by atoms with Gasteiger partial charge in [0.15, 0.2) is 9.84 Å². The molecule has 0 amide bonds. The molecule has 0 unspecified atom stereocenters. The highest BCUT2D eigenvalue weighted by Gasteiger charge is 2.53. The van der Waals surface area contributed by atoms with Crippen LogP contribution in [0, 0.1) is 5.41 Å². The number of hydrogen-bond donors (Lipinski definition) is 2. The van der Waals surface area contributed by atoms with Crippen LogP contribution in [0.2, 0.25) is 0 Å². The van der Waals surface area contributed by atoms with Crippen LogP contribution in [0.3, 0.4) is 0 Å². The first-order valence-corrected chi connectivity index (χ1v) is 5.84. The van der Waals surface area contributed by atoms with Gasteiger partial charge in [0, 0.05) is 5.41 Å². The molecule has 5 nitrogen and oxygen atoms in total. The van der Waals surface area contributed by atoms with E-state index >= 15 is 0 Å². The molecule has 0 aliphatic carbocycles. The van der Waals surface area contributed by atoms with Gasteiger partial charge in [0.05, 0.1) is 11.5 Å². The molecule has 0 aromatic carbocycles. The van der Waals surface area contributed by atoms with Crippen molar-refractivity contribution in [3.05, 3.63) is 0 Å². The summed E-state index contributed by atoms with van der Waals surface area (Å²) in [6.07, 6.45) is 0.486. The van der Waals surface area contributed by atoms with E-state index in [9.17, 15) is 13.2 Å². The normalized spacial score (nSPS) is 26.0. The third kappa shape index (κ3) is 1.68. The molecule has 0 radical (unpaired) electrons. The van der Waals surface area contributed by atoms with Crippen LogP contribution in [0.1, 0.15) is 13.3 Å². The minimum absolute atomic E-state index is 0.0933. The van der Waals surface area contributed by atoms with Gasteiger partial charge >= 0.3 is 5.97 Å². The quantitative estimate of drug-likeness (QED) is 0.633. The number of carboxylic acid groups (broad SMARTS) is 1. The van der Waals surface area contributed by atoms with Gasteiger partial charge in [-0.2, -0.15) is 0 Å².